The van der Waals surface area contributed by atoms with Crippen molar-refractivity contribution < 1.29 is 4.79 Å². The van der Waals surface area contributed by atoms with Crippen molar-refractivity contribution in [2.24, 2.45) is 0 Å². The second-order valence-corrected chi connectivity index (χ2v) is 8.33. The van der Waals surface area contributed by atoms with E-state index in [1.54, 1.807) is 13.0 Å². The molecule has 8 heteroatoms. The Bertz CT molecular complexity index is 1140. The maximum atomic E-state index is 12.6. The maximum Gasteiger partial charge on any atom is 0.324 e. The summed E-state index contributed by atoms with van der Waals surface area (Å²) in [5, 5.41) is 10.2. The quantitative estimate of drug-likeness (QED) is 0.605. The van der Waals surface area contributed by atoms with Gasteiger partial charge in [-0.25, -0.2) is 9.78 Å². The number of nitrogens with zero attached hydrogens (tertiary/aromatic N) is 3. The molecule has 0 unspecified atom stereocenters. The van der Waals surface area contributed by atoms with Gasteiger partial charge in [-0.3, -0.25) is 15.1 Å². The highest BCUT2D eigenvalue weighted by Gasteiger charge is 2.23. The molecular weight excluding hydrogens is 380 g/mol. The SMILES string of the molecule is CCc1c(C)nc(-n2nc(C(C)(C)C)cc2NC(=O)Nc2cccc(C)c2)[nH]c1=O. The lowest BCUT2D eigenvalue weighted by Gasteiger charge is -2.14. The van der Waals surface area contributed by atoms with Crippen LogP contribution in [0.15, 0.2) is 35.1 Å². The van der Waals surface area contributed by atoms with Crippen molar-refractivity contribution in [3.8, 4) is 5.95 Å². The van der Waals surface area contributed by atoms with Crippen molar-refractivity contribution in [2.75, 3.05) is 10.6 Å². The molecule has 3 rings (SSSR count). The maximum absolute atomic E-state index is 12.6. The zero-order valence-electron chi connectivity index (χ0n) is 18.3. The number of aryl methyl sites for hydroxylation is 2. The number of amides is 2. The molecule has 158 valence electrons. The summed E-state index contributed by atoms with van der Waals surface area (Å²) in [6, 6.07) is 8.91. The van der Waals surface area contributed by atoms with Gasteiger partial charge >= 0.3 is 6.03 Å². The fourth-order valence-corrected chi connectivity index (χ4v) is 3.11. The number of benzene rings is 1. The molecule has 0 aliphatic carbocycles. The van der Waals surface area contributed by atoms with Gasteiger partial charge in [-0.05, 0) is 38.0 Å². The van der Waals surface area contributed by atoms with E-state index in [9.17, 15) is 9.59 Å². The van der Waals surface area contributed by atoms with Crippen molar-refractivity contribution in [1.82, 2.24) is 19.7 Å². The second kappa shape index (κ2) is 8.14. The lowest BCUT2D eigenvalue weighted by atomic mass is 9.92. The largest absolute Gasteiger partial charge is 0.324 e. The van der Waals surface area contributed by atoms with Gasteiger partial charge in [0.25, 0.3) is 5.56 Å². The fraction of sp³-hybridized carbons (Fsp3) is 0.364. The van der Waals surface area contributed by atoms with E-state index in [-0.39, 0.29) is 16.9 Å². The molecule has 0 aliphatic heterocycles. The third-order valence-corrected chi connectivity index (χ3v) is 4.76. The van der Waals surface area contributed by atoms with Gasteiger partial charge in [0.1, 0.15) is 5.82 Å². The van der Waals surface area contributed by atoms with Gasteiger partial charge in [0.15, 0.2) is 0 Å². The molecule has 0 saturated carbocycles. The number of urea groups is 1. The van der Waals surface area contributed by atoms with Gasteiger partial charge in [0.2, 0.25) is 5.95 Å². The summed E-state index contributed by atoms with van der Waals surface area (Å²) in [6.45, 7) is 11.7. The summed E-state index contributed by atoms with van der Waals surface area (Å²) in [6.07, 6.45) is 0.588. The zero-order valence-corrected chi connectivity index (χ0v) is 18.3. The molecule has 30 heavy (non-hydrogen) atoms. The summed E-state index contributed by atoms with van der Waals surface area (Å²) in [7, 11) is 0. The number of H-pyrrole nitrogens is 1. The molecule has 0 spiro atoms. The third kappa shape index (κ3) is 4.59. The molecule has 3 N–H and O–H groups in total. The summed E-state index contributed by atoms with van der Waals surface area (Å²) < 4.78 is 1.46. The Hall–Kier alpha value is -3.42. The van der Waals surface area contributed by atoms with E-state index in [0.29, 0.717) is 29.2 Å². The van der Waals surface area contributed by atoms with Crippen LogP contribution < -0.4 is 16.2 Å². The first-order valence-electron chi connectivity index (χ1n) is 9.94. The number of carbonyl (C=O) groups excluding carboxylic acids is 1. The molecule has 2 aromatic heterocycles. The summed E-state index contributed by atoms with van der Waals surface area (Å²) in [4.78, 5) is 32.3. The van der Waals surface area contributed by atoms with Crippen LogP contribution in [0.2, 0.25) is 0 Å². The summed E-state index contributed by atoms with van der Waals surface area (Å²) in [5.74, 6) is 0.674. The van der Waals surface area contributed by atoms with E-state index in [1.807, 2.05) is 58.9 Å². The number of carbonyl (C=O) groups is 1. The molecule has 3 aromatic rings. The first kappa shape index (κ1) is 21.3. The predicted molar refractivity (Wildman–Crippen MR) is 119 cm³/mol. The standard InChI is InChI=1S/C22H28N6O2/c1-7-16-14(3)23-20(26-19(16)29)28-18(12-17(27-28)22(4,5)6)25-21(30)24-15-10-8-9-13(2)11-15/h8-12H,7H2,1-6H3,(H,23,26,29)(H2,24,25,30). The molecule has 2 heterocycles. The fourth-order valence-electron chi connectivity index (χ4n) is 3.11. The average molecular weight is 409 g/mol. The lowest BCUT2D eigenvalue weighted by Crippen LogP contribution is -2.24. The minimum absolute atomic E-state index is 0.206. The van der Waals surface area contributed by atoms with Crippen LogP contribution in [0, 0.1) is 13.8 Å². The van der Waals surface area contributed by atoms with Crippen LogP contribution in [-0.2, 0) is 11.8 Å². The molecule has 2 amide bonds. The van der Waals surface area contributed by atoms with Crippen LogP contribution in [0.3, 0.4) is 0 Å². The van der Waals surface area contributed by atoms with Gasteiger partial charge in [0.05, 0.1) is 5.69 Å². The first-order chi connectivity index (χ1) is 14.1. The monoisotopic (exact) mass is 408 g/mol. The Balaban J connectivity index is 1.99. The van der Waals surface area contributed by atoms with Gasteiger partial charge in [-0.15, -0.1) is 0 Å². The van der Waals surface area contributed by atoms with Gasteiger partial charge < -0.3 is 5.32 Å². The van der Waals surface area contributed by atoms with Crippen LogP contribution in [0.25, 0.3) is 5.95 Å². The normalized spacial score (nSPS) is 11.4. The van der Waals surface area contributed by atoms with Crippen LogP contribution in [0.1, 0.15) is 50.2 Å². The predicted octanol–water partition coefficient (Wildman–Crippen LogP) is 4.08. The zero-order chi connectivity index (χ0) is 22.1. The number of rotatable bonds is 4. The van der Waals surface area contributed by atoms with Crippen LogP contribution in [0.4, 0.5) is 16.3 Å². The van der Waals surface area contributed by atoms with Crippen molar-refractivity contribution >= 4 is 17.5 Å². The Morgan fingerprint density at radius 1 is 1.17 bits per heavy atom. The van der Waals surface area contributed by atoms with Gasteiger partial charge in [0, 0.05) is 28.4 Å². The number of aromatic amines is 1. The van der Waals surface area contributed by atoms with Crippen molar-refractivity contribution in [1.29, 1.82) is 0 Å². The highest BCUT2D eigenvalue weighted by atomic mass is 16.2. The van der Waals surface area contributed by atoms with Crippen molar-refractivity contribution in [2.45, 2.75) is 53.4 Å². The Morgan fingerprint density at radius 2 is 1.90 bits per heavy atom. The smallest absolute Gasteiger partial charge is 0.308 e. The van der Waals surface area contributed by atoms with Crippen LogP contribution in [0.5, 0.6) is 0 Å². The van der Waals surface area contributed by atoms with E-state index in [4.69, 9.17) is 0 Å². The molecule has 0 fully saturated rings. The van der Waals surface area contributed by atoms with E-state index in [2.05, 4.69) is 25.7 Å². The lowest BCUT2D eigenvalue weighted by molar-refractivity contribution is 0.262. The molecule has 0 bridgehead atoms. The van der Waals surface area contributed by atoms with Crippen LogP contribution in [-0.4, -0.2) is 25.8 Å². The Kier molecular flexibility index (Phi) is 5.78. The number of aromatic nitrogens is 4. The van der Waals surface area contributed by atoms with E-state index in [1.165, 1.54) is 4.68 Å². The first-order valence-corrected chi connectivity index (χ1v) is 9.94. The number of anilines is 2. The highest BCUT2D eigenvalue weighted by molar-refractivity contribution is 5.99. The number of hydrogen-bond acceptors (Lipinski definition) is 4. The second-order valence-electron chi connectivity index (χ2n) is 8.33. The van der Waals surface area contributed by atoms with E-state index < -0.39 is 6.03 Å². The molecule has 8 nitrogen and oxygen atoms in total. The molecule has 0 atom stereocenters. The number of hydrogen-bond donors (Lipinski definition) is 3. The summed E-state index contributed by atoms with van der Waals surface area (Å²) >= 11 is 0. The van der Waals surface area contributed by atoms with Gasteiger partial charge in [-0.2, -0.15) is 9.78 Å². The molecule has 0 aliphatic rings. The van der Waals surface area contributed by atoms with E-state index >= 15 is 0 Å². The Morgan fingerprint density at radius 3 is 2.50 bits per heavy atom. The Labute approximate surface area is 175 Å². The van der Waals surface area contributed by atoms with Crippen molar-refractivity contribution in [3.05, 3.63) is 63.2 Å². The van der Waals surface area contributed by atoms with Gasteiger partial charge in [-0.1, -0.05) is 39.8 Å². The van der Waals surface area contributed by atoms with Crippen molar-refractivity contribution in [3.63, 3.8) is 0 Å². The highest BCUT2D eigenvalue weighted by Crippen LogP contribution is 2.25. The minimum atomic E-state index is -0.411. The molecule has 0 saturated heterocycles. The van der Waals surface area contributed by atoms with Crippen LogP contribution >= 0.6 is 0 Å². The average Bonchev–Trinajstić information content (AvgIpc) is 3.05. The minimum Gasteiger partial charge on any atom is -0.308 e. The van der Waals surface area contributed by atoms with E-state index in [0.717, 1.165) is 11.3 Å². The molecule has 0 radical (unpaired) electrons. The number of nitrogens with one attached hydrogen (secondary N) is 3. The molecule has 1 aromatic carbocycles. The third-order valence-electron chi connectivity index (χ3n) is 4.76. The summed E-state index contributed by atoms with van der Waals surface area (Å²) in [5.41, 5.74) is 3.29. The molecular formula is C22H28N6O2. The topological polar surface area (TPSA) is 105 Å².